The van der Waals surface area contributed by atoms with Gasteiger partial charge in [-0.15, -0.1) is 0 Å². The first-order valence-corrected chi connectivity index (χ1v) is 7.06. The van der Waals surface area contributed by atoms with Crippen LogP contribution in [0.1, 0.15) is 17.0 Å². The molecule has 0 amide bonds. The third-order valence-corrected chi connectivity index (χ3v) is 3.64. The molecule has 120 valence electrons. The van der Waals surface area contributed by atoms with Gasteiger partial charge in [-0.1, -0.05) is 6.07 Å². The standard InChI is InChI=1S/C18H18FNO3/c1-21-15-6-4-12(18(10-15)23-3)8-13(11-20)16-9-14(19)5-7-17(16)22-2/h4-7,9-10,13H,8H2,1-3H3. The number of benzene rings is 2. The van der Waals surface area contributed by atoms with E-state index in [1.165, 1.54) is 25.3 Å². The number of hydrogen-bond acceptors (Lipinski definition) is 4. The molecule has 0 spiro atoms. The number of hydrogen-bond donors (Lipinski definition) is 0. The number of halogens is 1. The van der Waals surface area contributed by atoms with Crippen LogP contribution in [0.5, 0.6) is 17.2 Å². The van der Waals surface area contributed by atoms with E-state index >= 15 is 0 Å². The fraction of sp³-hybridized carbons (Fsp3) is 0.278. The average Bonchev–Trinajstić information content (AvgIpc) is 2.59. The zero-order valence-corrected chi connectivity index (χ0v) is 13.3. The smallest absolute Gasteiger partial charge is 0.125 e. The second-order valence-corrected chi connectivity index (χ2v) is 4.95. The van der Waals surface area contributed by atoms with E-state index in [4.69, 9.17) is 14.2 Å². The van der Waals surface area contributed by atoms with Crippen LogP contribution in [0, 0.1) is 17.1 Å². The van der Waals surface area contributed by atoms with Gasteiger partial charge in [0.25, 0.3) is 0 Å². The largest absolute Gasteiger partial charge is 0.497 e. The zero-order chi connectivity index (χ0) is 16.8. The maximum Gasteiger partial charge on any atom is 0.125 e. The first-order valence-electron chi connectivity index (χ1n) is 7.06. The third-order valence-electron chi connectivity index (χ3n) is 3.64. The van der Waals surface area contributed by atoms with E-state index in [-0.39, 0.29) is 0 Å². The van der Waals surface area contributed by atoms with E-state index in [2.05, 4.69) is 6.07 Å². The molecule has 0 fully saturated rings. The second-order valence-electron chi connectivity index (χ2n) is 4.95. The average molecular weight is 315 g/mol. The summed E-state index contributed by atoms with van der Waals surface area (Å²) in [4.78, 5) is 0. The van der Waals surface area contributed by atoms with Crippen LogP contribution in [0.25, 0.3) is 0 Å². The zero-order valence-electron chi connectivity index (χ0n) is 13.3. The van der Waals surface area contributed by atoms with Gasteiger partial charge in [-0.05, 0) is 36.2 Å². The summed E-state index contributed by atoms with van der Waals surface area (Å²) in [5.74, 6) is 0.832. The predicted molar refractivity (Wildman–Crippen MR) is 84.6 cm³/mol. The van der Waals surface area contributed by atoms with E-state index < -0.39 is 11.7 Å². The van der Waals surface area contributed by atoms with E-state index in [1.807, 2.05) is 6.07 Å². The Labute approximate surface area is 135 Å². The highest BCUT2D eigenvalue weighted by molar-refractivity contribution is 5.45. The summed E-state index contributed by atoms with van der Waals surface area (Å²) in [6.07, 6.45) is 0.378. The molecule has 0 aliphatic heterocycles. The molecule has 1 unspecified atom stereocenters. The molecule has 0 aromatic heterocycles. The fourth-order valence-electron chi connectivity index (χ4n) is 2.44. The summed E-state index contributed by atoms with van der Waals surface area (Å²) in [5, 5.41) is 9.52. The molecule has 0 aliphatic rings. The van der Waals surface area contributed by atoms with E-state index in [0.29, 0.717) is 29.2 Å². The topological polar surface area (TPSA) is 51.5 Å². The minimum atomic E-state index is -0.553. The van der Waals surface area contributed by atoms with Crippen molar-refractivity contribution in [2.24, 2.45) is 0 Å². The number of nitrogens with zero attached hydrogens (tertiary/aromatic N) is 1. The van der Waals surface area contributed by atoms with Gasteiger partial charge in [0.2, 0.25) is 0 Å². The molecule has 0 saturated heterocycles. The Hall–Kier alpha value is -2.74. The maximum atomic E-state index is 13.6. The van der Waals surface area contributed by atoms with Gasteiger partial charge >= 0.3 is 0 Å². The Morgan fingerprint density at radius 1 is 1.00 bits per heavy atom. The molecule has 23 heavy (non-hydrogen) atoms. The van der Waals surface area contributed by atoms with Crippen molar-refractivity contribution in [1.29, 1.82) is 5.26 Å². The molecular formula is C18H18FNO3. The van der Waals surface area contributed by atoms with Crippen molar-refractivity contribution in [3.05, 3.63) is 53.3 Å². The van der Waals surface area contributed by atoms with Gasteiger partial charge in [0, 0.05) is 11.6 Å². The maximum absolute atomic E-state index is 13.6. The van der Waals surface area contributed by atoms with Crippen LogP contribution in [0.4, 0.5) is 4.39 Å². The normalized spacial score (nSPS) is 11.4. The summed E-state index contributed by atoms with van der Waals surface area (Å²) in [7, 11) is 4.63. The molecule has 5 heteroatoms. The van der Waals surface area contributed by atoms with E-state index in [9.17, 15) is 9.65 Å². The van der Waals surface area contributed by atoms with Crippen molar-refractivity contribution in [2.45, 2.75) is 12.3 Å². The molecule has 2 aromatic rings. The van der Waals surface area contributed by atoms with Crippen LogP contribution in [0.2, 0.25) is 0 Å². The van der Waals surface area contributed by atoms with Crippen LogP contribution in [0.3, 0.4) is 0 Å². The molecular weight excluding hydrogens is 297 g/mol. The van der Waals surface area contributed by atoms with Gasteiger partial charge in [0.15, 0.2) is 0 Å². The van der Waals surface area contributed by atoms with Gasteiger partial charge in [-0.2, -0.15) is 5.26 Å². The number of nitriles is 1. The first-order chi connectivity index (χ1) is 11.1. The lowest BCUT2D eigenvalue weighted by Crippen LogP contribution is -2.05. The second kappa shape index (κ2) is 7.50. The van der Waals surface area contributed by atoms with Crippen LogP contribution < -0.4 is 14.2 Å². The lowest BCUT2D eigenvalue weighted by atomic mass is 9.92. The number of methoxy groups -OCH3 is 3. The van der Waals surface area contributed by atoms with Crippen molar-refractivity contribution in [2.75, 3.05) is 21.3 Å². The highest BCUT2D eigenvalue weighted by Gasteiger charge is 2.19. The third kappa shape index (κ3) is 3.72. The summed E-state index contributed by atoms with van der Waals surface area (Å²) in [6.45, 7) is 0. The first kappa shape index (κ1) is 16.6. The SMILES string of the molecule is COc1ccc(CC(C#N)c2cc(F)ccc2OC)c(OC)c1. The molecule has 2 aromatic carbocycles. The predicted octanol–water partition coefficient (Wildman–Crippen LogP) is 3.70. The molecule has 4 nitrogen and oxygen atoms in total. The van der Waals surface area contributed by atoms with Crippen molar-refractivity contribution >= 4 is 0 Å². The van der Waals surface area contributed by atoms with E-state index in [0.717, 1.165) is 5.56 Å². The van der Waals surface area contributed by atoms with Gasteiger partial charge < -0.3 is 14.2 Å². The lowest BCUT2D eigenvalue weighted by molar-refractivity contribution is 0.390. The highest BCUT2D eigenvalue weighted by Crippen LogP contribution is 2.33. The van der Waals surface area contributed by atoms with Gasteiger partial charge in [0.05, 0.1) is 33.3 Å². The molecule has 0 saturated carbocycles. The molecule has 2 rings (SSSR count). The van der Waals surface area contributed by atoms with Crippen molar-refractivity contribution in [1.82, 2.24) is 0 Å². The quantitative estimate of drug-likeness (QED) is 0.815. The lowest BCUT2D eigenvalue weighted by Gasteiger charge is -2.16. The Morgan fingerprint density at radius 3 is 2.35 bits per heavy atom. The van der Waals surface area contributed by atoms with E-state index in [1.54, 1.807) is 26.4 Å². The van der Waals surface area contributed by atoms with Gasteiger partial charge in [0.1, 0.15) is 23.1 Å². The minimum absolute atomic E-state index is 0.378. The Balaban J connectivity index is 2.37. The molecule has 0 heterocycles. The van der Waals surface area contributed by atoms with Gasteiger partial charge in [-0.3, -0.25) is 0 Å². The van der Waals surface area contributed by atoms with Crippen molar-refractivity contribution in [3.63, 3.8) is 0 Å². The number of rotatable bonds is 6. The minimum Gasteiger partial charge on any atom is -0.497 e. The molecule has 1 atom stereocenters. The van der Waals surface area contributed by atoms with Crippen molar-refractivity contribution < 1.29 is 18.6 Å². The molecule has 0 aliphatic carbocycles. The monoisotopic (exact) mass is 315 g/mol. The van der Waals surface area contributed by atoms with Gasteiger partial charge in [-0.25, -0.2) is 4.39 Å². The van der Waals surface area contributed by atoms with Crippen LogP contribution in [0.15, 0.2) is 36.4 Å². The van der Waals surface area contributed by atoms with Crippen molar-refractivity contribution in [3.8, 4) is 23.3 Å². The molecule has 0 radical (unpaired) electrons. The molecule has 0 N–H and O–H groups in total. The summed E-state index contributed by atoms with van der Waals surface area (Å²) >= 11 is 0. The summed E-state index contributed by atoms with van der Waals surface area (Å²) < 4.78 is 29.3. The fourth-order valence-corrected chi connectivity index (χ4v) is 2.44. The highest BCUT2D eigenvalue weighted by atomic mass is 19.1. The summed E-state index contributed by atoms with van der Waals surface area (Å²) in [6, 6.07) is 11.8. The Morgan fingerprint density at radius 2 is 1.74 bits per heavy atom. The Kier molecular flexibility index (Phi) is 5.42. The van der Waals surface area contributed by atoms with Crippen LogP contribution >= 0.6 is 0 Å². The Bertz CT molecular complexity index is 725. The van der Waals surface area contributed by atoms with Crippen LogP contribution in [-0.4, -0.2) is 21.3 Å². The molecule has 0 bridgehead atoms. The van der Waals surface area contributed by atoms with Crippen LogP contribution in [-0.2, 0) is 6.42 Å². The number of ether oxygens (including phenoxy) is 3. The summed E-state index contributed by atoms with van der Waals surface area (Å²) in [5.41, 5.74) is 1.36.